The summed E-state index contributed by atoms with van der Waals surface area (Å²) in [6, 6.07) is -0.893. The molecule has 0 saturated carbocycles. The molecule has 0 fully saturated rings. The smallest absolute Gasteiger partial charge is 0.229 e. The molecule has 6 heteroatoms. The standard InChI is InChI=1S/C17H34N2O4/c1-10(2)14(16(5,6)22)18-12(20)9-13(21)19-15(11(3)4)17(7,8)23/h10-11,14-15,22-23H,9H2,1-8H3,(H,18,20)(H,19,21)/t14-,15-/m1/s1. The molecule has 0 aromatic carbocycles. The van der Waals surface area contributed by atoms with Gasteiger partial charge in [0.2, 0.25) is 11.8 Å². The van der Waals surface area contributed by atoms with Gasteiger partial charge in [-0.1, -0.05) is 27.7 Å². The van der Waals surface area contributed by atoms with E-state index in [1.54, 1.807) is 27.7 Å². The van der Waals surface area contributed by atoms with Crippen molar-refractivity contribution in [3.05, 3.63) is 0 Å². The molecule has 0 saturated heterocycles. The predicted octanol–water partition coefficient (Wildman–Crippen LogP) is 1.20. The van der Waals surface area contributed by atoms with Gasteiger partial charge in [0.25, 0.3) is 0 Å². The van der Waals surface area contributed by atoms with Crippen LogP contribution in [0.25, 0.3) is 0 Å². The Hall–Kier alpha value is -1.14. The molecule has 0 spiro atoms. The molecule has 0 heterocycles. The van der Waals surface area contributed by atoms with Crippen molar-refractivity contribution in [2.24, 2.45) is 11.8 Å². The summed E-state index contributed by atoms with van der Waals surface area (Å²) in [7, 11) is 0. The number of hydrogen-bond donors (Lipinski definition) is 4. The molecule has 0 aromatic rings. The van der Waals surface area contributed by atoms with Gasteiger partial charge in [-0.25, -0.2) is 0 Å². The van der Waals surface area contributed by atoms with Crippen molar-refractivity contribution >= 4 is 11.8 Å². The van der Waals surface area contributed by atoms with E-state index in [0.29, 0.717) is 0 Å². The van der Waals surface area contributed by atoms with Gasteiger partial charge in [0, 0.05) is 0 Å². The highest BCUT2D eigenvalue weighted by molar-refractivity contribution is 5.97. The molecule has 23 heavy (non-hydrogen) atoms. The van der Waals surface area contributed by atoms with Crippen molar-refractivity contribution in [2.75, 3.05) is 0 Å². The lowest BCUT2D eigenvalue weighted by Gasteiger charge is -2.34. The SMILES string of the molecule is CC(C)[C@@H](NC(=O)CC(=O)N[C@H](C(C)C)C(C)(C)O)C(C)(C)O. The summed E-state index contributed by atoms with van der Waals surface area (Å²) in [6.07, 6.45) is -0.335. The molecule has 2 amide bonds. The van der Waals surface area contributed by atoms with Gasteiger partial charge in [-0.05, 0) is 39.5 Å². The van der Waals surface area contributed by atoms with Crippen LogP contribution in [0.15, 0.2) is 0 Å². The Balaban J connectivity index is 4.75. The summed E-state index contributed by atoms with van der Waals surface area (Å²) in [5, 5.41) is 25.6. The molecule has 4 N–H and O–H groups in total. The van der Waals surface area contributed by atoms with E-state index in [4.69, 9.17) is 0 Å². The van der Waals surface area contributed by atoms with Crippen LogP contribution < -0.4 is 10.6 Å². The second kappa shape index (κ2) is 8.11. The van der Waals surface area contributed by atoms with E-state index in [1.807, 2.05) is 27.7 Å². The van der Waals surface area contributed by atoms with Gasteiger partial charge < -0.3 is 20.8 Å². The summed E-state index contributed by atoms with van der Waals surface area (Å²) in [5.41, 5.74) is -2.15. The van der Waals surface area contributed by atoms with E-state index in [2.05, 4.69) is 10.6 Å². The van der Waals surface area contributed by atoms with E-state index in [-0.39, 0.29) is 18.3 Å². The Labute approximate surface area is 140 Å². The Morgan fingerprint density at radius 2 is 1.04 bits per heavy atom. The number of nitrogens with one attached hydrogen (secondary N) is 2. The Bertz CT molecular complexity index is 368. The highest BCUT2D eigenvalue weighted by Crippen LogP contribution is 2.18. The van der Waals surface area contributed by atoms with Crippen LogP contribution in [0.3, 0.4) is 0 Å². The third-order valence-corrected chi connectivity index (χ3v) is 3.81. The fraction of sp³-hybridized carbons (Fsp3) is 0.882. The fourth-order valence-corrected chi connectivity index (χ4v) is 2.91. The average molecular weight is 330 g/mol. The van der Waals surface area contributed by atoms with Crippen molar-refractivity contribution in [3.63, 3.8) is 0 Å². The molecule has 0 aliphatic carbocycles. The minimum atomic E-state index is -1.08. The largest absolute Gasteiger partial charge is 0.388 e. The number of carbonyl (C=O) groups is 2. The van der Waals surface area contributed by atoms with E-state index in [1.165, 1.54) is 0 Å². The lowest BCUT2D eigenvalue weighted by atomic mass is 9.88. The van der Waals surface area contributed by atoms with Gasteiger partial charge in [-0.2, -0.15) is 0 Å². The van der Waals surface area contributed by atoms with E-state index >= 15 is 0 Å². The maximum atomic E-state index is 12.1. The quantitative estimate of drug-likeness (QED) is 0.503. The van der Waals surface area contributed by atoms with Gasteiger partial charge in [0.1, 0.15) is 6.42 Å². The van der Waals surface area contributed by atoms with Crippen LogP contribution in [-0.2, 0) is 9.59 Å². The van der Waals surface area contributed by atoms with E-state index in [0.717, 1.165) is 0 Å². The predicted molar refractivity (Wildman–Crippen MR) is 90.8 cm³/mol. The highest BCUT2D eigenvalue weighted by atomic mass is 16.3. The molecular weight excluding hydrogens is 296 g/mol. The molecule has 0 unspecified atom stereocenters. The Kier molecular flexibility index (Phi) is 7.70. The third-order valence-electron chi connectivity index (χ3n) is 3.81. The highest BCUT2D eigenvalue weighted by Gasteiger charge is 2.33. The number of amides is 2. The number of hydrogen-bond acceptors (Lipinski definition) is 4. The number of carbonyl (C=O) groups excluding carboxylic acids is 2. The van der Waals surface area contributed by atoms with Crippen LogP contribution in [0.5, 0.6) is 0 Å². The van der Waals surface area contributed by atoms with Crippen molar-refractivity contribution in [3.8, 4) is 0 Å². The number of aliphatic hydroxyl groups is 2. The van der Waals surface area contributed by atoms with E-state index < -0.39 is 35.1 Å². The average Bonchev–Trinajstić information content (AvgIpc) is 2.29. The van der Waals surface area contributed by atoms with Crippen LogP contribution in [0, 0.1) is 11.8 Å². The van der Waals surface area contributed by atoms with Crippen LogP contribution in [-0.4, -0.2) is 45.3 Å². The van der Waals surface area contributed by atoms with Gasteiger partial charge >= 0.3 is 0 Å². The maximum Gasteiger partial charge on any atom is 0.229 e. The first-order valence-corrected chi connectivity index (χ1v) is 8.19. The normalized spacial score (nSPS) is 15.5. The molecule has 0 aromatic heterocycles. The monoisotopic (exact) mass is 330 g/mol. The Morgan fingerprint density at radius 1 is 0.783 bits per heavy atom. The van der Waals surface area contributed by atoms with Crippen LogP contribution in [0.4, 0.5) is 0 Å². The molecule has 2 atom stereocenters. The van der Waals surface area contributed by atoms with Crippen LogP contribution >= 0.6 is 0 Å². The summed E-state index contributed by atoms with van der Waals surface area (Å²) in [5.74, 6) is -0.827. The lowest BCUT2D eigenvalue weighted by molar-refractivity contribution is -0.133. The van der Waals surface area contributed by atoms with E-state index in [9.17, 15) is 19.8 Å². The Morgan fingerprint density at radius 3 is 1.22 bits per heavy atom. The first-order valence-electron chi connectivity index (χ1n) is 8.19. The van der Waals surface area contributed by atoms with Gasteiger partial charge in [0.05, 0.1) is 23.3 Å². The second-order valence-corrected chi connectivity index (χ2v) is 8.06. The fourth-order valence-electron chi connectivity index (χ4n) is 2.91. The van der Waals surface area contributed by atoms with Crippen molar-refractivity contribution in [1.29, 1.82) is 0 Å². The first-order chi connectivity index (χ1) is 10.2. The molecule has 0 rings (SSSR count). The van der Waals surface area contributed by atoms with Gasteiger partial charge in [-0.15, -0.1) is 0 Å². The maximum absolute atomic E-state index is 12.1. The zero-order valence-electron chi connectivity index (χ0n) is 15.7. The summed E-state index contributed by atoms with van der Waals surface area (Å²) in [4.78, 5) is 24.1. The topological polar surface area (TPSA) is 98.7 Å². The summed E-state index contributed by atoms with van der Waals surface area (Å²) in [6.45, 7) is 14.1. The zero-order valence-corrected chi connectivity index (χ0v) is 15.7. The van der Waals surface area contributed by atoms with Gasteiger partial charge in [0.15, 0.2) is 0 Å². The lowest BCUT2D eigenvalue weighted by Crippen LogP contribution is -2.55. The molecule has 0 radical (unpaired) electrons. The molecule has 0 aliphatic heterocycles. The third kappa shape index (κ3) is 7.79. The number of rotatable bonds is 8. The van der Waals surface area contributed by atoms with Crippen molar-refractivity contribution in [1.82, 2.24) is 10.6 Å². The zero-order chi connectivity index (χ0) is 18.6. The van der Waals surface area contributed by atoms with Crippen molar-refractivity contribution in [2.45, 2.75) is 85.1 Å². The minimum Gasteiger partial charge on any atom is -0.388 e. The van der Waals surface area contributed by atoms with Crippen LogP contribution in [0.1, 0.15) is 61.8 Å². The molecule has 0 bridgehead atoms. The molecule has 136 valence electrons. The minimum absolute atomic E-state index is 0.0294. The summed E-state index contributed by atoms with van der Waals surface area (Å²) >= 11 is 0. The molecular formula is C17H34N2O4. The first kappa shape index (κ1) is 21.9. The van der Waals surface area contributed by atoms with Gasteiger partial charge in [-0.3, -0.25) is 9.59 Å². The van der Waals surface area contributed by atoms with Crippen molar-refractivity contribution < 1.29 is 19.8 Å². The van der Waals surface area contributed by atoms with Crippen LogP contribution in [0.2, 0.25) is 0 Å². The second-order valence-electron chi connectivity index (χ2n) is 8.06. The molecule has 0 aliphatic rings. The summed E-state index contributed by atoms with van der Waals surface area (Å²) < 4.78 is 0. The molecule has 6 nitrogen and oxygen atoms in total.